The molecule has 0 aliphatic rings. The molecule has 19 heavy (non-hydrogen) atoms. The molecule has 1 aromatic rings. The van der Waals surface area contributed by atoms with E-state index in [2.05, 4.69) is 17.4 Å². The van der Waals surface area contributed by atoms with E-state index in [1.807, 2.05) is 24.3 Å². The minimum atomic E-state index is -0.0635. The van der Waals surface area contributed by atoms with Crippen molar-refractivity contribution in [2.24, 2.45) is 10.9 Å². The van der Waals surface area contributed by atoms with Crippen LogP contribution in [0, 0.1) is 0 Å². The summed E-state index contributed by atoms with van der Waals surface area (Å²) < 4.78 is 0. The van der Waals surface area contributed by atoms with Gasteiger partial charge in [-0.2, -0.15) is 0 Å². The molecule has 0 aliphatic carbocycles. The third-order valence-corrected chi connectivity index (χ3v) is 2.90. The monoisotopic (exact) mass is 263 g/mol. The zero-order valence-corrected chi connectivity index (χ0v) is 11.2. The van der Waals surface area contributed by atoms with E-state index < -0.39 is 0 Å². The number of unbranched alkanes of at least 4 members (excludes halogenated alkanes) is 1. The van der Waals surface area contributed by atoms with E-state index >= 15 is 0 Å². The summed E-state index contributed by atoms with van der Waals surface area (Å²) in [5, 5.41) is 14.1. The number of oxime groups is 1. The zero-order chi connectivity index (χ0) is 14.1. The summed E-state index contributed by atoms with van der Waals surface area (Å²) in [7, 11) is 0. The quantitative estimate of drug-likeness (QED) is 0.231. The second kappa shape index (κ2) is 8.13. The maximum atomic E-state index is 11.8. The summed E-state index contributed by atoms with van der Waals surface area (Å²) in [4.78, 5) is 11.8. The first-order chi connectivity index (χ1) is 9.17. The highest BCUT2D eigenvalue weighted by Crippen LogP contribution is 2.05. The molecule has 0 aromatic heterocycles. The highest BCUT2D eigenvalue weighted by atomic mass is 16.4. The van der Waals surface area contributed by atoms with E-state index in [0.717, 1.165) is 19.3 Å². The number of hydrogen-bond acceptors (Lipinski definition) is 3. The molecule has 5 nitrogen and oxygen atoms in total. The second-order valence-corrected chi connectivity index (χ2v) is 4.35. The number of amidine groups is 1. The molecule has 1 aromatic carbocycles. The van der Waals surface area contributed by atoms with Crippen LogP contribution in [0.15, 0.2) is 29.4 Å². The highest BCUT2D eigenvalue weighted by molar-refractivity contribution is 5.94. The van der Waals surface area contributed by atoms with Gasteiger partial charge < -0.3 is 16.3 Å². The second-order valence-electron chi connectivity index (χ2n) is 4.35. The van der Waals surface area contributed by atoms with E-state index in [1.165, 1.54) is 5.56 Å². The van der Waals surface area contributed by atoms with Crippen molar-refractivity contribution in [2.75, 3.05) is 6.54 Å². The fourth-order valence-electron chi connectivity index (χ4n) is 1.68. The number of nitrogens with two attached hydrogens (primary N) is 1. The maximum Gasteiger partial charge on any atom is 0.251 e. The van der Waals surface area contributed by atoms with Crippen LogP contribution in [0.4, 0.5) is 0 Å². The van der Waals surface area contributed by atoms with E-state index in [0.29, 0.717) is 18.5 Å². The molecule has 0 fully saturated rings. The van der Waals surface area contributed by atoms with Gasteiger partial charge in [0.2, 0.25) is 0 Å². The lowest BCUT2D eigenvalue weighted by atomic mass is 10.1. The lowest BCUT2D eigenvalue weighted by Crippen LogP contribution is -2.24. The molecule has 0 spiro atoms. The largest absolute Gasteiger partial charge is 0.409 e. The number of amides is 1. The first-order valence-corrected chi connectivity index (χ1v) is 6.51. The molecule has 104 valence electrons. The van der Waals surface area contributed by atoms with Crippen LogP contribution in [0.25, 0.3) is 0 Å². The summed E-state index contributed by atoms with van der Waals surface area (Å²) in [6.07, 6.45) is 3.09. The van der Waals surface area contributed by atoms with E-state index in [9.17, 15) is 4.79 Å². The molecular formula is C14H21N3O2. The van der Waals surface area contributed by atoms with Gasteiger partial charge in [-0.3, -0.25) is 4.79 Å². The number of aryl methyl sites for hydroxylation is 1. The van der Waals surface area contributed by atoms with Crippen molar-refractivity contribution in [2.45, 2.75) is 32.6 Å². The molecule has 0 saturated carbocycles. The Balaban J connectivity index is 2.27. The van der Waals surface area contributed by atoms with Crippen LogP contribution in [-0.4, -0.2) is 23.5 Å². The Morgan fingerprint density at radius 2 is 2.00 bits per heavy atom. The van der Waals surface area contributed by atoms with Crippen molar-refractivity contribution in [1.29, 1.82) is 0 Å². The third-order valence-electron chi connectivity index (χ3n) is 2.90. The molecule has 0 aliphatic heterocycles. The summed E-state index contributed by atoms with van der Waals surface area (Å²) in [6, 6.07) is 7.61. The van der Waals surface area contributed by atoms with E-state index in [1.54, 1.807) is 0 Å². The first-order valence-electron chi connectivity index (χ1n) is 6.51. The van der Waals surface area contributed by atoms with Crippen LogP contribution >= 0.6 is 0 Å². The van der Waals surface area contributed by atoms with Gasteiger partial charge in [0.25, 0.3) is 5.91 Å². The third kappa shape index (κ3) is 5.42. The van der Waals surface area contributed by atoms with Crippen molar-refractivity contribution in [3.8, 4) is 0 Å². The predicted molar refractivity (Wildman–Crippen MR) is 75.4 cm³/mol. The number of hydrogen-bond donors (Lipinski definition) is 3. The van der Waals surface area contributed by atoms with Crippen LogP contribution in [0.3, 0.4) is 0 Å². The van der Waals surface area contributed by atoms with Gasteiger partial charge in [0.1, 0.15) is 5.84 Å². The maximum absolute atomic E-state index is 11.8. The lowest BCUT2D eigenvalue weighted by molar-refractivity contribution is 0.0953. The fourth-order valence-corrected chi connectivity index (χ4v) is 1.68. The molecule has 0 radical (unpaired) electrons. The SMILES string of the molecule is CCc1ccc(C(=O)NCCCCC(N)=NO)cc1. The number of benzene rings is 1. The van der Waals surface area contributed by atoms with Gasteiger partial charge in [0, 0.05) is 18.5 Å². The Labute approximate surface area is 113 Å². The Morgan fingerprint density at radius 3 is 2.58 bits per heavy atom. The van der Waals surface area contributed by atoms with Crippen molar-refractivity contribution in [3.63, 3.8) is 0 Å². The lowest BCUT2D eigenvalue weighted by Gasteiger charge is -2.05. The summed E-state index contributed by atoms with van der Waals surface area (Å²) >= 11 is 0. The summed E-state index contributed by atoms with van der Waals surface area (Å²) in [6.45, 7) is 2.67. The molecule has 0 bridgehead atoms. The highest BCUT2D eigenvalue weighted by Gasteiger charge is 2.04. The van der Waals surface area contributed by atoms with Gasteiger partial charge in [-0.1, -0.05) is 24.2 Å². The number of nitrogens with zero attached hydrogens (tertiary/aromatic N) is 1. The van der Waals surface area contributed by atoms with Crippen LogP contribution in [0.2, 0.25) is 0 Å². The Hall–Kier alpha value is -2.04. The van der Waals surface area contributed by atoms with Crippen molar-refractivity contribution < 1.29 is 10.0 Å². The number of rotatable bonds is 7. The topological polar surface area (TPSA) is 87.7 Å². The number of nitrogens with one attached hydrogen (secondary N) is 1. The molecule has 1 rings (SSSR count). The number of carbonyl (C=O) groups is 1. The smallest absolute Gasteiger partial charge is 0.251 e. The van der Waals surface area contributed by atoms with Crippen LogP contribution in [0.5, 0.6) is 0 Å². The van der Waals surface area contributed by atoms with Gasteiger partial charge in [-0.15, -0.1) is 0 Å². The minimum Gasteiger partial charge on any atom is -0.409 e. The van der Waals surface area contributed by atoms with E-state index in [-0.39, 0.29) is 11.7 Å². The normalized spacial score (nSPS) is 11.3. The molecule has 4 N–H and O–H groups in total. The predicted octanol–water partition coefficient (Wildman–Crippen LogP) is 1.90. The van der Waals surface area contributed by atoms with Crippen molar-refractivity contribution >= 4 is 11.7 Å². The molecule has 0 atom stereocenters. The molecule has 0 unspecified atom stereocenters. The average molecular weight is 263 g/mol. The van der Waals surface area contributed by atoms with Gasteiger partial charge in [0.15, 0.2) is 0 Å². The average Bonchev–Trinajstić information content (AvgIpc) is 2.46. The van der Waals surface area contributed by atoms with Gasteiger partial charge in [-0.05, 0) is 37.0 Å². The van der Waals surface area contributed by atoms with Crippen molar-refractivity contribution in [3.05, 3.63) is 35.4 Å². The zero-order valence-electron chi connectivity index (χ0n) is 11.2. The van der Waals surface area contributed by atoms with E-state index in [4.69, 9.17) is 10.9 Å². The Kier molecular flexibility index (Phi) is 6.43. The van der Waals surface area contributed by atoms with Crippen LogP contribution < -0.4 is 11.1 Å². The molecule has 5 heteroatoms. The van der Waals surface area contributed by atoms with Crippen LogP contribution in [0.1, 0.15) is 42.1 Å². The molecular weight excluding hydrogens is 242 g/mol. The number of carbonyl (C=O) groups excluding carboxylic acids is 1. The summed E-state index contributed by atoms with van der Waals surface area (Å²) in [5.41, 5.74) is 7.24. The Bertz CT molecular complexity index is 427. The van der Waals surface area contributed by atoms with Gasteiger partial charge in [-0.25, -0.2) is 0 Å². The minimum absolute atomic E-state index is 0.0635. The summed E-state index contributed by atoms with van der Waals surface area (Å²) in [5.74, 6) is 0.160. The van der Waals surface area contributed by atoms with Gasteiger partial charge >= 0.3 is 0 Å². The standard InChI is InChI=1S/C14H21N3O2/c1-2-11-6-8-12(9-7-11)14(18)16-10-4-3-5-13(15)17-19/h6-9,19H,2-5,10H2,1H3,(H2,15,17)(H,16,18). The van der Waals surface area contributed by atoms with Gasteiger partial charge in [0.05, 0.1) is 0 Å². The first kappa shape index (κ1) is 15.0. The Morgan fingerprint density at radius 1 is 1.32 bits per heavy atom. The molecule has 0 saturated heterocycles. The molecule has 0 heterocycles. The van der Waals surface area contributed by atoms with Crippen LogP contribution in [-0.2, 0) is 6.42 Å². The molecule has 1 amide bonds. The fraction of sp³-hybridized carbons (Fsp3) is 0.429. The van der Waals surface area contributed by atoms with Crippen molar-refractivity contribution in [1.82, 2.24) is 5.32 Å².